The highest BCUT2D eigenvalue weighted by Crippen LogP contribution is 2.40. The fraction of sp³-hybridized carbons (Fsp3) is 0.423. The molecule has 7 nitrogen and oxygen atoms in total. The largest absolute Gasteiger partial charge is 0.480 e. The van der Waals surface area contributed by atoms with E-state index >= 15 is 0 Å². The van der Waals surface area contributed by atoms with Gasteiger partial charge in [-0.15, -0.1) is 5.10 Å². The van der Waals surface area contributed by atoms with Crippen molar-refractivity contribution in [2.45, 2.75) is 50.8 Å². The number of nitrogens with one attached hydrogen (secondary N) is 1. The Hall–Kier alpha value is -3.19. The topological polar surface area (TPSA) is 72.4 Å². The summed E-state index contributed by atoms with van der Waals surface area (Å²) in [6, 6.07) is 13.1. The van der Waals surface area contributed by atoms with Crippen LogP contribution in [0.3, 0.4) is 0 Å². The van der Waals surface area contributed by atoms with E-state index in [1.807, 2.05) is 6.07 Å². The van der Waals surface area contributed by atoms with E-state index in [0.29, 0.717) is 24.1 Å². The lowest BCUT2D eigenvalue weighted by molar-refractivity contribution is 0.189. The molecule has 0 radical (unpaired) electrons. The molecular weight excluding hydrogens is 414 g/mol. The molecule has 0 spiro atoms. The summed E-state index contributed by atoms with van der Waals surface area (Å²) in [5.74, 6) is 2.24. The molecule has 2 fully saturated rings. The average Bonchev–Trinajstić information content (AvgIpc) is 3.30. The number of pyridine rings is 1. The number of anilines is 1. The van der Waals surface area contributed by atoms with Crippen molar-refractivity contribution in [3.05, 3.63) is 48.2 Å². The van der Waals surface area contributed by atoms with E-state index < -0.39 is 0 Å². The molecule has 7 heteroatoms. The lowest BCUT2D eigenvalue weighted by Crippen LogP contribution is -2.53. The Kier molecular flexibility index (Phi) is 4.94. The molecule has 170 valence electrons. The van der Waals surface area contributed by atoms with Crippen LogP contribution in [0.15, 0.2) is 42.6 Å². The van der Waals surface area contributed by atoms with Gasteiger partial charge in [-0.05, 0) is 67.5 Å². The number of methoxy groups -OCH3 is 1. The smallest absolute Gasteiger partial charge is 0.233 e. The van der Waals surface area contributed by atoms with Gasteiger partial charge in [-0.1, -0.05) is 12.1 Å². The van der Waals surface area contributed by atoms with Crippen LogP contribution in [0, 0.1) is 0 Å². The molecule has 4 heterocycles. The van der Waals surface area contributed by atoms with E-state index in [4.69, 9.17) is 14.5 Å². The molecule has 6 rings (SSSR count). The SMILES string of the molecule is COc1cc(-c2ccc3c(c2)COc2nc(N4CCC(NC5(C)CCC5)C4)ccc2-3)cnn1. The molecule has 0 amide bonds. The van der Waals surface area contributed by atoms with Crippen molar-refractivity contribution >= 4 is 5.82 Å². The lowest BCUT2D eigenvalue weighted by Gasteiger charge is -2.41. The Balaban J connectivity index is 1.22. The van der Waals surface area contributed by atoms with Crippen LogP contribution in [0.5, 0.6) is 11.8 Å². The summed E-state index contributed by atoms with van der Waals surface area (Å²) in [5.41, 5.74) is 5.74. The summed E-state index contributed by atoms with van der Waals surface area (Å²) in [6.07, 6.45) is 6.84. The number of benzene rings is 1. The Morgan fingerprint density at radius 1 is 1.12 bits per heavy atom. The standard InChI is InChI=1S/C26H29N5O2/c1-26(9-3-10-26)29-20-8-11-31(15-20)23-7-6-22-21-5-4-17(12-19(21)16-33-25(22)28-23)18-13-24(32-2)30-27-14-18/h4-7,12-14,20,29H,3,8-11,15-16H2,1-2H3. The van der Waals surface area contributed by atoms with Gasteiger partial charge in [0.1, 0.15) is 12.4 Å². The number of nitrogens with zero attached hydrogens (tertiary/aromatic N) is 4. The number of fused-ring (bicyclic) bond motifs is 3. The molecule has 1 saturated carbocycles. The highest BCUT2D eigenvalue weighted by molar-refractivity contribution is 5.78. The molecule has 3 aliphatic rings. The monoisotopic (exact) mass is 443 g/mol. The quantitative estimate of drug-likeness (QED) is 0.633. The minimum absolute atomic E-state index is 0.340. The Morgan fingerprint density at radius 3 is 2.82 bits per heavy atom. The fourth-order valence-electron chi connectivity index (χ4n) is 5.26. The first-order chi connectivity index (χ1) is 16.1. The Labute approximate surface area is 194 Å². The van der Waals surface area contributed by atoms with E-state index in [-0.39, 0.29) is 0 Å². The van der Waals surface area contributed by atoms with Gasteiger partial charge in [0.05, 0.1) is 13.3 Å². The van der Waals surface area contributed by atoms with Gasteiger partial charge in [0.15, 0.2) is 0 Å². The molecule has 1 aliphatic carbocycles. The Bertz CT molecular complexity index is 1190. The maximum atomic E-state index is 6.11. The van der Waals surface area contributed by atoms with Crippen molar-refractivity contribution in [2.75, 3.05) is 25.1 Å². The summed E-state index contributed by atoms with van der Waals surface area (Å²) < 4.78 is 11.3. The molecule has 1 unspecified atom stereocenters. The molecule has 0 bridgehead atoms. The van der Waals surface area contributed by atoms with Gasteiger partial charge in [0.25, 0.3) is 0 Å². The molecular formula is C26H29N5O2. The molecule has 1 saturated heterocycles. The molecule has 2 aliphatic heterocycles. The predicted octanol–water partition coefficient (Wildman–Crippen LogP) is 4.22. The predicted molar refractivity (Wildman–Crippen MR) is 128 cm³/mol. The number of hydrogen-bond donors (Lipinski definition) is 1. The number of rotatable bonds is 5. The van der Waals surface area contributed by atoms with Crippen LogP contribution in [0.4, 0.5) is 5.82 Å². The minimum Gasteiger partial charge on any atom is -0.480 e. The molecule has 1 atom stereocenters. The van der Waals surface area contributed by atoms with Crippen LogP contribution in [0.1, 0.15) is 38.2 Å². The number of hydrogen-bond acceptors (Lipinski definition) is 7. The normalized spacial score (nSPS) is 20.4. The summed E-state index contributed by atoms with van der Waals surface area (Å²) in [4.78, 5) is 7.28. The molecule has 2 aromatic heterocycles. The van der Waals surface area contributed by atoms with Crippen LogP contribution in [0.25, 0.3) is 22.3 Å². The van der Waals surface area contributed by atoms with E-state index in [2.05, 4.69) is 57.7 Å². The van der Waals surface area contributed by atoms with E-state index in [9.17, 15) is 0 Å². The zero-order valence-corrected chi connectivity index (χ0v) is 19.2. The third-order valence-electron chi connectivity index (χ3n) is 7.30. The average molecular weight is 444 g/mol. The van der Waals surface area contributed by atoms with E-state index in [0.717, 1.165) is 53.5 Å². The van der Waals surface area contributed by atoms with Crippen LogP contribution in [-0.2, 0) is 6.61 Å². The summed E-state index contributed by atoms with van der Waals surface area (Å²) in [7, 11) is 1.60. The Morgan fingerprint density at radius 2 is 2.00 bits per heavy atom. The van der Waals surface area contributed by atoms with Gasteiger partial charge in [-0.25, -0.2) is 0 Å². The maximum absolute atomic E-state index is 6.11. The third kappa shape index (κ3) is 3.80. The van der Waals surface area contributed by atoms with E-state index in [1.54, 1.807) is 13.3 Å². The minimum atomic E-state index is 0.340. The van der Waals surface area contributed by atoms with Gasteiger partial charge in [0.2, 0.25) is 11.8 Å². The van der Waals surface area contributed by atoms with Crippen molar-refractivity contribution in [1.29, 1.82) is 0 Å². The summed E-state index contributed by atoms with van der Waals surface area (Å²) in [5, 5.41) is 11.9. The first kappa shape index (κ1) is 20.4. The maximum Gasteiger partial charge on any atom is 0.233 e. The van der Waals surface area contributed by atoms with Gasteiger partial charge >= 0.3 is 0 Å². The van der Waals surface area contributed by atoms with Crippen molar-refractivity contribution in [2.24, 2.45) is 0 Å². The highest BCUT2D eigenvalue weighted by Gasteiger charge is 2.36. The second kappa shape index (κ2) is 7.99. The summed E-state index contributed by atoms with van der Waals surface area (Å²) in [6.45, 7) is 4.90. The first-order valence-corrected chi connectivity index (χ1v) is 11.8. The van der Waals surface area contributed by atoms with Crippen molar-refractivity contribution in [3.8, 4) is 34.0 Å². The van der Waals surface area contributed by atoms with Crippen LogP contribution < -0.4 is 19.7 Å². The third-order valence-corrected chi connectivity index (χ3v) is 7.30. The zero-order chi connectivity index (χ0) is 22.4. The van der Waals surface area contributed by atoms with Gasteiger partial charge in [-0.3, -0.25) is 0 Å². The second-order valence-electron chi connectivity index (χ2n) is 9.66. The molecule has 1 N–H and O–H groups in total. The first-order valence-electron chi connectivity index (χ1n) is 11.8. The van der Waals surface area contributed by atoms with E-state index in [1.165, 1.54) is 24.8 Å². The second-order valence-corrected chi connectivity index (χ2v) is 9.66. The zero-order valence-electron chi connectivity index (χ0n) is 19.2. The molecule has 3 aromatic rings. The van der Waals surface area contributed by atoms with Crippen LogP contribution in [0.2, 0.25) is 0 Å². The van der Waals surface area contributed by atoms with Crippen LogP contribution in [-0.4, -0.2) is 47.0 Å². The number of ether oxygens (including phenoxy) is 2. The highest BCUT2D eigenvalue weighted by atomic mass is 16.5. The molecule has 1 aromatic carbocycles. The van der Waals surface area contributed by atoms with Gasteiger partial charge in [0, 0.05) is 41.9 Å². The van der Waals surface area contributed by atoms with Crippen molar-refractivity contribution < 1.29 is 9.47 Å². The lowest BCUT2D eigenvalue weighted by atomic mass is 9.78. The molecule has 33 heavy (non-hydrogen) atoms. The summed E-state index contributed by atoms with van der Waals surface area (Å²) >= 11 is 0. The van der Waals surface area contributed by atoms with Gasteiger partial charge in [-0.2, -0.15) is 10.1 Å². The number of aromatic nitrogens is 3. The van der Waals surface area contributed by atoms with Crippen LogP contribution >= 0.6 is 0 Å². The fourth-order valence-corrected chi connectivity index (χ4v) is 5.26. The van der Waals surface area contributed by atoms with Gasteiger partial charge < -0.3 is 19.7 Å². The van der Waals surface area contributed by atoms with Crippen molar-refractivity contribution in [3.63, 3.8) is 0 Å². The van der Waals surface area contributed by atoms with Crippen molar-refractivity contribution in [1.82, 2.24) is 20.5 Å².